The lowest BCUT2D eigenvalue weighted by molar-refractivity contribution is 0.150. The molecule has 4 nitrogen and oxygen atoms in total. The summed E-state index contributed by atoms with van der Waals surface area (Å²) in [5, 5.41) is 13.9. The van der Waals surface area contributed by atoms with E-state index in [2.05, 4.69) is 21.3 Å². The molecule has 0 bridgehead atoms. The third kappa shape index (κ3) is 4.19. The standard InChI is InChI=1S/C9H18N2.C8H16N2/c1-2-9(8-11-5-1)3-6-10-7-4-9;1-2-8(6-9-4-1)3-5-10-7-8/h10-11H,1-8H2;9-10H,1-7H2. The Morgan fingerprint density at radius 1 is 0.429 bits per heavy atom. The average molecular weight is 294 g/mol. The zero-order valence-electron chi connectivity index (χ0n) is 13.6. The van der Waals surface area contributed by atoms with Gasteiger partial charge in [-0.2, -0.15) is 0 Å². The van der Waals surface area contributed by atoms with E-state index >= 15 is 0 Å². The molecule has 2 spiro atoms. The van der Waals surface area contributed by atoms with Crippen LogP contribution in [0.4, 0.5) is 0 Å². The van der Waals surface area contributed by atoms with Crippen molar-refractivity contribution in [3.63, 3.8) is 0 Å². The Balaban J connectivity index is 0.000000126. The molecule has 4 aliphatic rings. The van der Waals surface area contributed by atoms with Gasteiger partial charge in [0.05, 0.1) is 0 Å². The first-order valence-corrected chi connectivity index (χ1v) is 9.16. The molecule has 0 aromatic rings. The van der Waals surface area contributed by atoms with Crippen LogP contribution in [0.2, 0.25) is 0 Å². The molecule has 0 aromatic heterocycles. The fraction of sp³-hybridized carbons (Fsp3) is 1.00. The Labute approximate surface area is 130 Å². The molecule has 122 valence electrons. The van der Waals surface area contributed by atoms with Crippen molar-refractivity contribution in [1.82, 2.24) is 21.3 Å². The van der Waals surface area contributed by atoms with Gasteiger partial charge in [-0.05, 0) is 88.5 Å². The van der Waals surface area contributed by atoms with Crippen molar-refractivity contribution in [2.45, 2.75) is 44.9 Å². The minimum Gasteiger partial charge on any atom is -0.317 e. The van der Waals surface area contributed by atoms with Crippen LogP contribution in [0.25, 0.3) is 0 Å². The zero-order valence-corrected chi connectivity index (χ0v) is 13.6. The molecule has 0 radical (unpaired) electrons. The molecule has 0 amide bonds. The molecule has 4 saturated heterocycles. The topological polar surface area (TPSA) is 48.1 Å². The van der Waals surface area contributed by atoms with Gasteiger partial charge in [-0.15, -0.1) is 0 Å². The van der Waals surface area contributed by atoms with E-state index in [9.17, 15) is 0 Å². The van der Waals surface area contributed by atoms with Gasteiger partial charge in [-0.1, -0.05) is 0 Å². The van der Waals surface area contributed by atoms with E-state index in [1.165, 1.54) is 97.3 Å². The number of piperidine rings is 3. The Bertz CT molecular complexity index is 272. The van der Waals surface area contributed by atoms with Gasteiger partial charge in [0.2, 0.25) is 0 Å². The molecule has 0 aromatic carbocycles. The molecule has 4 rings (SSSR count). The molecule has 4 N–H and O–H groups in total. The Hall–Kier alpha value is -0.160. The molecule has 4 aliphatic heterocycles. The van der Waals surface area contributed by atoms with Crippen LogP contribution in [0.15, 0.2) is 0 Å². The molecule has 21 heavy (non-hydrogen) atoms. The van der Waals surface area contributed by atoms with Crippen LogP contribution < -0.4 is 21.3 Å². The lowest BCUT2D eigenvalue weighted by atomic mass is 9.73. The highest BCUT2D eigenvalue weighted by atomic mass is 15.0. The van der Waals surface area contributed by atoms with Gasteiger partial charge in [-0.3, -0.25) is 0 Å². The molecule has 4 heterocycles. The minimum atomic E-state index is 0.651. The van der Waals surface area contributed by atoms with Gasteiger partial charge in [0.25, 0.3) is 0 Å². The van der Waals surface area contributed by atoms with Crippen LogP contribution in [0, 0.1) is 10.8 Å². The highest BCUT2D eigenvalue weighted by Gasteiger charge is 2.34. The summed E-state index contributed by atoms with van der Waals surface area (Å²) in [6.45, 7) is 9.97. The molecular weight excluding hydrogens is 260 g/mol. The average Bonchev–Trinajstić information content (AvgIpc) is 2.98. The summed E-state index contributed by atoms with van der Waals surface area (Å²) >= 11 is 0. The van der Waals surface area contributed by atoms with Crippen molar-refractivity contribution < 1.29 is 0 Å². The summed E-state index contributed by atoms with van der Waals surface area (Å²) in [6, 6.07) is 0. The number of hydrogen-bond acceptors (Lipinski definition) is 4. The van der Waals surface area contributed by atoms with Gasteiger partial charge in [0.15, 0.2) is 0 Å². The highest BCUT2D eigenvalue weighted by molar-refractivity contribution is 4.92. The molecule has 0 aliphatic carbocycles. The fourth-order valence-electron chi connectivity index (χ4n) is 4.60. The third-order valence-corrected chi connectivity index (χ3v) is 6.12. The summed E-state index contributed by atoms with van der Waals surface area (Å²) < 4.78 is 0. The lowest BCUT2D eigenvalue weighted by Crippen LogP contribution is -2.46. The summed E-state index contributed by atoms with van der Waals surface area (Å²) in [6.07, 6.45) is 9.83. The van der Waals surface area contributed by atoms with Gasteiger partial charge >= 0.3 is 0 Å². The predicted octanol–water partition coefficient (Wildman–Crippen LogP) is 1.09. The molecule has 1 atom stereocenters. The fourth-order valence-corrected chi connectivity index (χ4v) is 4.60. The van der Waals surface area contributed by atoms with Gasteiger partial charge < -0.3 is 21.3 Å². The van der Waals surface area contributed by atoms with Crippen LogP contribution in [0.5, 0.6) is 0 Å². The van der Waals surface area contributed by atoms with Gasteiger partial charge in [0.1, 0.15) is 0 Å². The summed E-state index contributed by atoms with van der Waals surface area (Å²) in [7, 11) is 0. The largest absolute Gasteiger partial charge is 0.317 e. The van der Waals surface area contributed by atoms with Crippen LogP contribution >= 0.6 is 0 Å². The van der Waals surface area contributed by atoms with Gasteiger partial charge in [0, 0.05) is 19.6 Å². The van der Waals surface area contributed by atoms with Crippen molar-refractivity contribution in [3.8, 4) is 0 Å². The highest BCUT2D eigenvalue weighted by Crippen LogP contribution is 2.35. The third-order valence-electron chi connectivity index (χ3n) is 6.12. The van der Waals surface area contributed by atoms with Crippen molar-refractivity contribution in [1.29, 1.82) is 0 Å². The molecule has 1 unspecified atom stereocenters. The van der Waals surface area contributed by atoms with Crippen LogP contribution in [0.3, 0.4) is 0 Å². The van der Waals surface area contributed by atoms with Crippen LogP contribution in [-0.4, -0.2) is 52.4 Å². The first-order chi connectivity index (χ1) is 10.3. The van der Waals surface area contributed by atoms with Crippen LogP contribution in [-0.2, 0) is 0 Å². The Morgan fingerprint density at radius 2 is 0.905 bits per heavy atom. The van der Waals surface area contributed by atoms with E-state index in [4.69, 9.17) is 0 Å². The minimum absolute atomic E-state index is 0.651. The maximum atomic E-state index is 3.52. The van der Waals surface area contributed by atoms with Crippen molar-refractivity contribution >= 4 is 0 Å². The first kappa shape index (κ1) is 15.7. The van der Waals surface area contributed by atoms with E-state index in [-0.39, 0.29) is 0 Å². The lowest BCUT2D eigenvalue weighted by Gasteiger charge is -2.41. The van der Waals surface area contributed by atoms with Crippen molar-refractivity contribution in [2.75, 3.05) is 52.4 Å². The van der Waals surface area contributed by atoms with E-state index in [0.717, 1.165) is 0 Å². The SMILES string of the molecule is C1CNCC2(C1)CCNC2.C1CNCC2(C1)CCNCC2. The number of hydrogen-bond donors (Lipinski definition) is 4. The zero-order chi connectivity index (χ0) is 14.4. The van der Waals surface area contributed by atoms with Gasteiger partial charge in [-0.25, -0.2) is 0 Å². The smallest absolute Gasteiger partial charge is 0.00205 e. The maximum Gasteiger partial charge on any atom is 0.00205 e. The monoisotopic (exact) mass is 294 g/mol. The van der Waals surface area contributed by atoms with Crippen LogP contribution in [0.1, 0.15) is 44.9 Å². The molecule has 0 saturated carbocycles. The van der Waals surface area contributed by atoms with E-state index in [1.807, 2.05) is 0 Å². The van der Waals surface area contributed by atoms with Crippen molar-refractivity contribution in [2.24, 2.45) is 10.8 Å². The second-order valence-electron chi connectivity index (χ2n) is 7.74. The van der Waals surface area contributed by atoms with E-state index in [0.29, 0.717) is 10.8 Å². The number of rotatable bonds is 0. The molecule has 4 fully saturated rings. The second kappa shape index (κ2) is 7.40. The number of nitrogens with one attached hydrogen (secondary N) is 4. The summed E-state index contributed by atoms with van der Waals surface area (Å²) in [5.74, 6) is 0. The Kier molecular flexibility index (Phi) is 5.54. The quantitative estimate of drug-likeness (QED) is 0.540. The molecule has 4 heteroatoms. The maximum absolute atomic E-state index is 3.52. The normalized spacial score (nSPS) is 35.4. The van der Waals surface area contributed by atoms with Crippen molar-refractivity contribution in [3.05, 3.63) is 0 Å². The second-order valence-corrected chi connectivity index (χ2v) is 7.74. The molecular formula is C17H34N4. The Morgan fingerprint density at radius 3 is 1.38 bits per heavy atom. The first-order valence-electron chi connectivity index (χ1n) is 9.16. The van der Waals surface area contributed by atoms with E-state index < -0.39 is 0 Å². The van der Waals surface area contributed by atoms with E-state index in [1.54, 1.807) is 0 Å². The predicted molar refractivity (Wildman–Crippen MR) is 88.7 cm³/mol. The summed E-state index contributed by atoms with van der Waals surface area (Å²) in [5.41, 5.74) is 1.34. The summed E-state index contributed by atoms with van der Waals surface area (Å²) in [4.78, 5) is 0.